The first-order valence-corrected chi connectivity index (χ1v) is 12.7. The molecule has 0 fully saturated rings. The first-order valence-electron chi connectivity index (χ1n) is 12.7. The molecule has 0 saturated heterocycles. The van der Waals surface area contributed by atoms with Crippen LogP contribution in [0.4, 0.5) is 13.2 Å². The summed E-state index contributed by atoms with van der Waals surface area (Å²) < 4.78 is 51.6. The second kappa shape index (κ2) is 8.70. The Balaban J connectivity index is 1.76. The van der Waals surface area contributed by atoms with E-state index in [0.717, 1.165) is 17.1 Å². The van der Waals surface area contributed by atoms with Crippen LogP contribution in [0.2, 0.25) is 0 Å². The molecule has 0 radical (unpaired) electrons. The van der Waals surface area contributed by atoms with Gasteiger partial charge in [0.15, 0.2) is 5.82 Å². The highest BCUT2D eigenvalue weighted by Gasteiger charge is 2.35. The van der Waals surface area contributed by atoms with E-state index in [1.54, 1.807) is 65.2 Å². The van der Waals surface area contributed by atoms with Gasteiger partial charge in [0.05, 0.1) is 52.0 Å². The van der Waals surface area contributed by atoms with E-state index in [2.05, 4.69) is 10.1 Å². The maximum absolute atomic E-state index is 14.5. The fraction of sp³-hybridized carbons (Fsp3) is 0.286. The molecular formula is C28H27F3N8O. The Morgan fingerprint density at radius 3 is 2.27 bits per heavy atom. The maximum Gasteiger partial charge on any atom is 0.417 e. The SMILES string of the molecule is CC(C)c1cc(-n2c(-c3cncn3C)nc3cc(-c4cnn(C)c4)c(C(F)(F)F)cc32)cc2c1n(C)c(=O)n2C. The molecule has 0 amide bonds. The number of nitrogens with zero attached hydrogens (tertiary/aromatic N) is 8. The lowest BCUT2D eigenvalue weighted by atomic mass is 9.99. The van der Waals surface area contributed by atoms with Crippen molar-refractivity contribution in [1.82, 2.24) is 38.0 Å². The average Bonchev–Trinajstić information content (AvgIpc) is 3.65. The summed E-state index contributed by atoms with van der Waals surface area (Å²) >= 11 is 0. The number of aromatic nitrogens is 8. The van der Waals surface area contributed by atoms with Gasteiger partial charge in [-0.1, -0.05) is 13.8 Å². The molecule has 9 nitrogen and oxygen atoms in total. The summed E-state index contributed by atoms with van der Waals surface area (Å²) in [4.78, 5) is 21.9. The Morgan fingerprint density at radius 1 is 0.925 bits per heavy atom. The first kappa shape index (κ1) is 25.7. The van der Waals surface area contributed by atoms with Crippen molar-refractivity contribution in [2.75, 3.05) is 0 Å². The molecule has 0 aliphatic heterocycles. The summed E-state index contributed by atoms with van der Waals surface area (Å²) in [7, 11) is 6.87. The van der Waals surface area contributed by atoms with Crippen molar-refractivity contribution in [3.63, 3.8) is 0 Å². The van der Waals surface area contributed by atoms with Gasteiger partial charge >= 0.3 is 11.9 Å². The molecule has 6 aromatic rings. The van der Waals surface area contributed by atoms with Gasteiger partial charge in [-0.15, -0.1) is 0 Å². The minimum Gasteiger partial charge on any atom is -0.331 e. The predicted octanol–water partition coefficient (Wildman–Crippen LogP) is 5.16. The first-order chi connectivity index (χ1) is 18.9. The third-order valence-electron chi connectivity index (χ3n) is 7.42. The second-order valence-corrected chi connectivity index (χ2v) is 10.4. The number of halogens is 3. The minimum atomic E-state index is -4.63. The van der Waals surface area contributed by atoms with Gasteiger partial charge in [-0.3, -0.25) is 18.4 Å². The largest absolute Gasteiger partial charge is 0.417 e. The molecule has 0 aliphatic rings. The highest BCUT2D eigenvalue weighted by Crippen LogP contribution is 2.41. The van der Waals surface area contributed by atoms with E-state index in [0.29, 0.717) is 33.8 Å². The van der Waals surface area contributed by atoms with Gasteiger partial charge in [0.2, 0.25) is 0 Å². The number of fused-ring (bicyclic) bond motifs is 2. The van der Waals surface area contributed by atoms with E-state index in [1.165, 1.54) is 16.9 Å². The lowest BCUT2D eigenvalue weighted by Gasteiger charge is -2.16. The quantitative estimate of drug-likeness (QED) is 0.305. The van der Waals surface area contributed by atoms with Crippen LogP contribution in [0.25, 0.3) is 50.4 Å². The van der Waals surface area contributed by atoms with Gasteiger partial charge in [0.1, 0.15) is 5.69 Å². The van der Waals surface area contributed by atoms with E-state index in [4.69, 9.17) is 4.98 Å². The number of aryl methyl sites for hydroxylation is 4. The van der Waals surface area contributed by atoms with Gasteiger partial charge in [-0.2, -0.15) is 18.3 Å². The van der Waals surface area contributed by atoms with Crippen LogP contribution >= 0.6 is 0 Å². The summed E-state index contributed by atoms with van der Waals surface area (Å²) in [6.45, 7) is 4.04. The molecule has 4 heterocycles. The third kappa shape index (κ3) is 3.77. The molecule has 0 atom stereocenters. The third-order valence-corrected chi connectivity index (χ3v) is 7.42. The second-order valence-electron chi connectivity index (χ2n) is 10.4. The summed E-state index contributed by atoms with van der Waals surface area (Å²) in [5.74, 6) is 0.467. The van der Waals surface area contributed by atoms with Crippen LogP contribution in [0.15, 0.2) is 54.0 Å². The van der Waals surface area contributed by atoms with E-state index in [-0.39, 0.29) is 22.7 Å². The highest BCUT2D eigenvalue weighted by molar-refractivity contribution is 5.90. The molecule has 4 aromatic heterocycles. The molecule has 0 unspecified atom stereocenters. The topological polar surface area (TPSA) is 80.4 Å². The fourth-order valence-corrected chi connectivity index (χ4v) is 5.40. The maximum atomic E-state index is 14.5. The molecule has 0 aliphatic carbocycles. The van der Waals surface area contributed by atoms with Crippen molar-refractivity contribution >= 4 is 22.1 Å². The molecule has 0 N–H and O–H groups in total. The number of rotatable bonds is 4. The number of alkyl halides is 3. The van der Waals surface area contributed by atoms with Crippen molar-refractivity contribution in [2.45, 2.75) is 25.9 Å². The number of hydrogen-bond donors (Lipinski definition) is 0. The zero-order chi connectivity index (χ0) is 28.7. The van der Waals surface area contributed by atoms with Crippen LogP contribution in [0.1, 0.15) is 30.9 Å². The van der Waals surface area contributed by atoms with Crippen molar-refractivity contribution in [2.24, 2.45) is 28.2 Å². The minimum absolute atomic E-state index is 0.00177. The van der Waals surface area contributed by atoms with Crippen LogP contribution in [0.5, 0.6) is 0 Å². The Bertz CT molecular complexity index is 2000. The Hall–Kier alpha value is -4.61. The van der Waals surface area contributed by atoms with Crippen LogP contribution in [0, 0.1) is 0 Å². The lowest BCUT2D eigenvalue weighted by molar-refractivity contribution is -0.137. The average molecular weight is 549 g/mol. The number of benzene rings is 2. The Kier molecular flexibility index (Phi) is 5.58. The van der Waals surface area contributed by atoms with Gasteiger partial charge in [-0.05, 0) is 41.3 Å². The van der Waals surface area contributed by atoms with Crippen LogP contribution in [0.3, 0.4) is 0 Å². The summed E-state index contributed by atoms with van der Waals surface area (Å²) in [6.07, 6.45) is 1.58. The molecule has 12 heteroatoms. The van der Waals surface area contributed by atoms with E-state index >= 15 is 0 Å². The zero-order valence-electron chi connectivity index (χ0n) is 22.8. The number of hydrogen-bond acceptors (Lipinski definition) is 4. The summed E-state index contributed by atoms with van der Waals surface area (Å²) in [5, 5.41) is 4.07. The van der Waals surface area contributed by atoms with Gasteiger partial charge < -0.3 is 4.57 Å². The Morgan fingerprint density at radius 2 is 1.68 bits per heavy atom. The molecular weight excluding hydrogens is 521 g/mol. The normalized spacial score (nSPS) is 12.4. The predicted molar refractivity (Wildman–Crippen MR) is 146 cm³/mol. The molecule has 206 valence electrons. The highest BCUT2D eigenvalue weighted by atomic mass is 19.4. The van der Waals surface area contributed by atoms with Crippen LogP contribution in [-0.4, -0.2) is 38.0 Å². The van der Waals surface area contributed by atoms with Crippen LogP contribution < -0.4 is 5.69 Å². The summed E-state index contributed by atoms with van der Waals surface area (Å²) in [5.41, 5.74) is 3.62. The number of imidazole rings is 3. The van der Waals surface area contributed by atoms with Crippen LogP contribution in [-0.2, 0) is 34.4 Å². The monoisotopic (exact) mass is 548 g/mol. The molecule has 6 rings (SSSR count). The molecule has 40 heavy (non-hydrogen) atoms. The molecule has 0 spiro atoms. The van der Waals surface area contributed by atoms with E-state index < -0.39 is 11.7 Å². The lowest BCUT2D eigenvalue weighted by Crippen LogP contribution is -2.19. The van der Waals surface area contributed by atoms with Crippen molar-refractivity contribution < 1.29 is 13.2 Å². The van der Waals surface area contributed by atoms with Crippen molar-refractivity contribution in [1.29, 1.82) is 0 Å². The zero-order valence-corrected chi connectivity index (χ0v) is 22.8. The summed E-state index contributed by atoms with van der Waals surface area (Å²) in [6, 6.07) is 6.36. The fourth-order valence-electron chi connectivity index (χ4n) is 5.40. The molecule has 0 saturated carbocycles. The molecule has 2 aromatic carbocycles. The Labute approximate surface area is 226 Å². The van der Waals surface area contributed by atoms with Crippen molar-refractivity contribution in [3.8, 4) is 28.3 Å². The van der Waals surface area contributed by atoms with Gasteiger partial charge in [-0.25, -0.2) is 14.8 Å². The van der Waals surface area contributed by atoms with E-state index in [1.807, 2.05) is 26.0 Å². The van der Waals surface area contributed by atoms with Gasteiger partial charge in [0, 0.05) is 40.0 Å². The molecule has 0 bridgehead atoms. The van der Waals surface area contributed by atoms with Gasteiger partial charge in [0.25, 0.3) is 0 Å². The standard InChI is InChI=1S/C28H27F3N8O/c1-15(2)18-7-17(8-23-25(18)38(6)27(40)37(23)5)39-22-10-20(28(29,30)31)19(16-11-33-36(4)13-16)9-21(22)34-26(39)24-12-32-14-35(24)3/h7-15H,1-6H3. The van der Waals surface area contributed by atoms with Crippen molar-refractivity contribution in [3.05, 3.63) is 70.8 Å². The van der Waals surface area contributed by atoms with E-state index in [9.17, 15) is 18.0 Å². The smallest absolute Gasteiger partial charge is 0.331 e.